The molecule has 0 saturated heterocycles. The molecular formula is C15H21NO3. The highest BCUT2D eigenvalue weighted by molar-refractivity contribution is 5.97. The predicted octanol–water partition coefficient (Wildman–Crippen LogP) is 2.96. The van der Waals surface area contributed by atoms with Gasteiger partial charge in [0, 0.05) is 6.92 Å². The molecule has 0 aromatic heterocycles. The maximum absolute atomic E-state index is 11.6. The molecule has 0 bridgehead atoms. The van der Waals surface area contributed by atoms with Crippen LogP contribution in [0.15, 0.2) is 12.1 Å². The van der Waals surface area contributed by atoms with Crippen molar-refractivity contribution in [3.8, 4) is 5.75 Å². The van der Waals surface area contributed by atoms with Crippen molar-refractivity contribution in [2.24, 2.45) is 5.73 Å². The molecule has 1 amide bonds. The summed E-state index contributed by atoms with van der Waals surface area (Å²) in [6, 6.07) is 3.68. The summed E-state index contributed by atoms with van der Waals surface area (Å²) in [7, 11) is 0. The van der Waals surface area contributed by atoms with Crippen molar-refractivity contribution in [1.29, 1.82) is 0 Å². The van der Waals surface area contributed by atoms with Gasteiger partial charge in [0.1, 0.15) is 5.75 Å². The fraction of sp³-hybridized carbons (Fsp3) is 0.467. The van der Waals surface area contributed by atoms with Crippen LogP contribution in [0.5, 0.6) is 5.75 Å². The summed E-state index contributed by atoms with van der Waals surface area (Å²) in [4.78, 5) is 22.8. The third kappa shape index (κ3) is 3.56. The molecule has 0 aliphatic rings. The van der Waals surface area contributed by atoms with E-state index in [1.54, 1.807) is 6.07 Å². The number of nitrogens with two attached hydrogens (primary N) is 1. The zero-order chi connectivity index (χ0) is 14.7. The highest BCUT2D eigenvalue weighted by atomic mass is 16.5. The summed E-state index contributed by atoms with van der Waals surface area (Å²) < 4.78 is 5.19. The van der Waals surface area contributed by atoms with Crippen LogP contribution in [-0.2, 0) is 4.79 Å². The molecule has 0 aliphatic carbocycles. The Balaban J connectivity index is 3.55. The quantitative estimate of drug-likeness (QED) is 0.670. The molecule has 1 aromatic rings. The van der Waals surface area contributed by atoms with Crippen molar-refractivity contribution in [2.75, 3.05) is 0 Å². The largest absolute Gasteiger partial charge is 0.426 e. The van der Waals surface area contributed by atoms with Crippen molar-refractivity contribution < 1.29 is 14.3 Å². The normalized spacial score (nSPS) is 10.9. The van der Waals surface area contributed by atoms with Gasteiger partial charge in [-0.2, -0.15) is 0 Å². The van der Waals surface area contributed by atoms with Crippen LogP contribution in [0.1, 0.15) is 67.9 Å². The van der Waals surface area contributed by atoms with E-state index in [-0.39, 0.29) is 17.4 Å². The fourth-order valence-electron chi connectivity index (χ4n) is 1.88. The Morgan fingerprint density at radius 3 is 2.05 bits per heavy atom. The van der Waals surface area contributed by atoms with E-state index in [9.17, 15) is 9.59 Å². The monoisotopic (exact) mass is 263 g/mol. The number of primary amides is 1. The van der Waals surface area contributed by atoms with E-state index >= 15 is 0 Å². The number of carbonyl (C=O) groups is 2. The zero-order valence-corrected chi connectivity index (χ0v) is 12.1. The molecule has 0 saturated carbocycles. The Morgan fingerprint density at radius 1 is 1.11 bits per heavy atom. The highest BCUT2D eigenvalue weighted by Crippen LogP contribution is 2.34. The minimum Gasteiger partial charge on any atom is -0.426 e. The third-order valence-electron chi connectivity index (χ3n) is 2.94. The third-order valence-corrected chi connectivity index (χ3v) is 2.94. The first kappa shape index (κ1) is 15.2. The van der Waals surface area contributed by atoms with E-state index in [2.05, 4.69) is 0 Å². The Labute approximate surface area is 113 Å². The lowest BCUT2D eigenvalue weighted by molar-refractivity contribution is -0.131. The molecule has 19 heavy (non-hydrogen) atoms. The van der Waals surface area contributed by atoms with E-state index in [0.29, 0.717) is 5.75 Å². The molecule has 4 heteroatoms. The van der Waals surface area contributed by atoms with Gasteiger partial charge in [0.15, 0.2) is 0 Å². The topological polar surface area (TPSA) is 69.4 Å². The second kappa shape index (κ2) is 5.87. The number of esters is 1. The number of rotatable bonds is 4. The maximum atomic E-state index is 11.6. The molecule has 0 heterocycles. The Hall–Kier alpha value is -1.84. The highest BCUT2D eigenvalue weighted by Gasteiger charge is 2.20. The predicted molar refractivity (Wildman–Crippen MR) is 74.4 cm³/mol. The number of amides is 1. The lowest BCUT2D eigenvalue weighted by Crippen LogP contribution is -2.17. The van der Waals surface area contributed by atoms with Gasteiger partial charge in [-0.15, -0.1) is 0 Å². The maximum Gasteiger partial charge on any atom is 0.308 e. The standard InChI is InChI=1S/C15H21NO3/c1-8(2)11-6-12(9(3)4)14(19-10(5)17)13(7-11)15(16)18/h6-9H,1-5H3,(H2,16,18). The van der Waals surface area contributed by atoms with Crippen LogP contribution in [0.3, 0.4) is 0 Å². The number of ether oxygens (including phenoxy) is 1. The average molecular weight is 263 g/mol. The number of benzene rings is 1. The molecule has 2 N–H and O–H groups in total. The minimum absolute atomic E-state index is 0.131. The molecular weight excluding hydrogens is 242 g/mol. The van der Waals surface area contributed by atoms with Gasteiger partial charge in [-0.1, -0.05) is 33.8 Å². The minimum atomic E-state index is -0.583. The van der Waals surface area contributed by atoms with Crippen LogP contribution in [0.2, 0.25) is 0 Å². The van der Waals surface area contributed by atoms with Gasteiger partial charge in [-0.05, 0) is 29.0 Å². The van der Waals surface area contributed by atoms with E-state index in [1.807, 2.05) is 33.8 Å². The Morgan fingerprint density at radius 2 is 1.68 bits per heavy atom. The number of hydrogen-bond acceptors (Lipinski definition) is 3. The lowest BCUT2D eigenvalue weighted by atomic mass is 9.91. The van der Waals surface area contributed by atoms with Gasteiger partial charge in [-0.3, -0.25) is 9.59 Å². The van der Waals surface area contributed by atoms with Crippen molar-refractivity contribution in [3.63, 3.8) is 0 Å². The van der Waals surface area contributed by atoms with E-state index in [4.69, 9.17) is 10.5 Å². The van der Waals surface area contributed by atoms with Crippen molar-refractivity contribution in [2.45, 2.75) is 46.5 Å². The van der Waals surface area contributed by atoms with Gasteiger partial charge in [0.25, 0.3) is 5.91 Å². The van der Waals surface area contributed by atoms with Crippen molar-refractivity contribution in [3.05, 3.63) is 28.8 Å². The fourth-order valence-corrected chi connectivity index (χ4v) is 1.88. The SMILES string of the molecule is CC(=O)Oc1c(C(N)=O)cc(C(C)C)cc1C(C)C. The second-order valence-corrected chi connectivity index (χ2v) is 5.25. The van der Waals surface area contributed by atoms with Gasteiger partial charge in [0.05, 0.1) is 5.56 Å². The first-order chi connectivity index (χ1) is 8.73. The summed E-state index contributed by atoms with van der Waals surface area (Å²) in [6.07, 6.45) is 0. The summed E-state index contributed by atoms with van der Waals surface area (Å²) >= 11 is 0. The molecule has 0 spiro atoms. The van der Waals surface area contributed by atoms with Crippen LogP contribution in [0.4, 0.5) is 0 Å². The molecule has 0 unspecified atom stereocenters. The molecule has 1 rings (SSSR count). The molecule has 1 aromatic carbocycles. The molecule has 104 valence electrons. The average Bonchev–Trinajstić information content (AvgIpc) is 2.27. The van der Waals surface area contributed by atoms with E-state index < -0.39 is 11.9 Å². The summed E-state index contributed by atoms with van der Waals surface area (Å²) in [6.45, 7) is 9.35. The smallest absolute Gasteiger partial charge is 0.308 e. The van der Waals surface area contributed by atoms with Crippen LogP contribution >= 0.6 is 0 Å². The van der Waals surface area contributed by atoms with Gasteiger partial charge in [0.2, 0.25) is 0 Å². The lowest BCUT2D eigenvalue weighted by Gasteiger charge is -2.18. The molecule has 4 nitrogen and oxygen atoms in total. The molecule has 0 atom stereocenters. The molecule has 0 fully saturated rings. The second-order valence-electron chi connectivity index (χ2n) is 5.25. The number of carbonyl (C=O) groups excluding carboxylic acids is 2. The zero-order valence-electron chi connectivity index (χ0n) is 12.1. The summed E-state index contributed by atoms with van der Waals surface area (Å²) in [5.41, 5.74) is 7.50. The van der Waals surface area contributed by atoms with E-state index in [1.165, 1.54) is 6.92 Å². The van der Waals surface area contributed by atoms with Crippen LogP contribution < -0.4 is 10.5 Å². The van der Waals surface area contributed by atoms with Gasteiger partial charge >= 0.3 is 5.97 Å². The van der Waals surface area contributed by atoms with Crippen molar-refractivity contribution in [1.82, 2.24) is 0 Å². The first-order valence-electron chi connectivity index (χ1n) is 6.40. The molecule has 0 aliphatic heterocycles. The van der Waals surface area contributed by atoms with E-state index in [0.717, 1.165) is 11.1 Å². The van der Waals surface area contributed by atoms with Crippen LogP contribution in [0.25, 0.3) is 0 Å². The Kier molecular flexibility index (Phi) is 4.70. The summed E-state index contributed by atoms with van der Waals surface area (Å²) in [5, 5.41) is 0. The summed E-state index contributed by atoms with van der Waals surface area (Å²) in [5.74, 6) is -0.352. The van der Waals surface area contributed by atoms with Crippen molar-refractivity contribution >= 4 is 11.9 Å². The molecule has 0 radical (unpaired) electrons. The van der Waals surface area contributed by atoms with Gasteiger partial charge < -0.3 is 10.5 Å². The Bertz CT molecular complexity index is 504. The first-order valence-corrected chi connectivity index (χ1v) is 6.40. The van der Waals surface area contributed by atoms with Crippen LogP contribution in [0, 0.1) is 0 Å². The van der Waals surface area contributed by atoms with Gasteiger partial charge in [-0.25, -0.2) is 0 Å². The van der Waals surface area contributed by atoms with Crippen LogP contribution in [-0.4, -0.2) is 11.9 Å². The number of hydrogen-bond donors (Lipinski definition) is 1.